The quantitative estimate of drug-likeness (QED) is 0.0129. The van der Waals surface area contributed by atoms with E-state index in [-0.39, 0.29) is 60.0 Å². The Bertz CT molecular complexity index is 3730. The molecule has 1 fully saturated rings. The SMILES string of the molecule is Cc1cccc(C)c1C(=O)OCC(=O)[C@H](CC(=O)O)NC(=O)[C@@H]1CCCN1C(=O)[C@H](CCC(=O)O)NC(=O)CCCCCNC(=O)C(CCCCN)NC(=O)CCCCCN1/C(=C/C=C/C=C/C2=Nc3ccc(S(=O)(=O)O)cc3C2(C)C)C(C)(C)c2cc(S(=O)(=O)O)ccc21. The number of carbonyl (C=O) groups excluding carboxylic acids is 7. The Morgan fingerprint density at radius 2 is 1.34 bits per heavy atom. The highest BCUT2D eigenvalue weighted by Gasteiger charge is 2.42. The van der Waals surface area contributed by atoms with Crippen LogP contribution < -0.4 is 31.9 Å². The minimum absolute atomic E-state index is 0.0426. The molecule has 0 spiro atoms. The molecule has 3 aliphatic rings. The second kappa shape index (κ2) is 33.8. The maximum absolute atomic E-state index is 14.0. The zero-order chi connectivity index (χ0) is 70.0. The van der Waals surface area contributed by atoms with E-state index in [1.807, 2.05) is 52.0 Å². The molecular formula is C67H88N8O18S2. The number of carbonyl (C=O) groups is 9. The number of carboxylic acid groups (broad SMARTS) is 2. The summed E-state index contributed by atoms with van der Waals surface area (Å²) in [5.74, 6) is -7.28. The number of ketones is 1. The van der Waals surface area contributed by atoms with E-state index in [1.54, 1.807) is 50.3 Å². The molecule has 516 valence electrons. The molecule has 1 saturated heterocycles. The Hall–Kier alpha value is -8.44. The van der Waals surface area contributed by atoms with Gasteiger partial charge in [0.1, 0.15) is 24.2 Å². The first-order valence-corrected chi connectivity index (χ1v) is 34.7. The van der Waals surface area contributed by atoms with Gasteiger partial charge in [-0.15, -0.1) is 0 Å². The lowest BCUT2D eigenvalue weighted by atomic mass is 9.81. The fourth-order valence-electron chi connectivity index (χ4n) is 12.0. The summed E-state index contributed by atoms with van der Waals surface area (Å²) >= 11 is 0. The van der Waals surface area contributed by atoms with Crippen LogP contribution in [0.3, 0.4) is 0 Å². The number of aliphatic imine (C=N–C) groups is 1. The van der Waals surface area contributed by atoms with Crippen molar-refractivity contribution in [2.75, 3.05) is 37.7 Å². The van der Waals surface area contributed by atoms with Crippen LogP contribution in [0, 0.1) is 13.8 Å². The van der Waals surface area contributed by atoms with Gasteiger partial charge >= 0.3 is 17.9 Å². The van der Waals surface area contributed by atoms with E-state index in [9.17, 15) is 79.3 Å². The molecule has 95 heavy (non-hydrogen) atoms. The van der Waals surface area contributed by atoms with Crippen molar-refractivity contribution in [1.29, 1.82) is 0 Å². The van der Waals surface area contributed by atoms with Crippen LogP contribution in [0.4, 0.5) is 11.4 Å². The predicted molar refractivity (Wildman–Crippen MR) is 353 cm³/mol. The summed E-state index contributed by atoms with van der Waals surface area (Å²) < 4.78 is 73.0. The summed E-state index contributed by atoms with van der Waals surface area (Å²) in [6.45, 7) is 11.3. The number of Topliss-reactive ketones (excluding diaryl/α,β-unsaturated/α-hetero) is 1. The molecule has 0 bridgehead atoms. The first-order valence-electron chi connectivity index (χ1n) is 31.8. The molecule has 26 nitrogen and oxygen atoms in total. The van der Waals surface area contributed by atoms with Crippen LogP contribution in [0.2, 0.25) is 0 Å². The standard InChI is InChI=1S/C67H88N8O18S2/c1-42-20-18-21-43(2)61(42)65(86)93-41-54(76)51(40-60(81)82)73-63(84)53-23-19-37-75(53)64(85)50(31-33-59(79)80)72-58(78)26-12-8-16-35-69-62(83)49(22-14-15-34-68)71-57(77)27-13-9-17-36-74-52-32-29-45(95(90,91)92)39-47(52)67(5,6)56(74)25-11-7-10-24-55-66(3,4)46-38-44(94(87,88)89)28-30-48(46)70-55/h7,10-11,18,20-21,24-25,28-30,32,38-39,49-51,53H,8-9,12-17,19,22-23,26-27,31,33-37,40-41,68H2,1-6H3,(H,69,83)(H,71,77)(H,72,78)(H,73,84)(H,79,80)(H,81,82)(H,87,88,89)(H,90,91,92)/b11-7+,24-10+,56-25+/t49?,50-,51-,53-/m0/s1. The van der Waals surface area contributed by atoms with Crippen LogP contribution >= 0.6 is 0 Å². The molecular weight excluding hydrogens is 1270 g/mol. The molecule has 4 atom stereocenters. The first kappa shape index (κ1) is 75.6. The number of carboxylic acids is 2. The molecule has 3 aromatic carbocycles. The number of nitrogens with one attached hydrogen (secondary N) is 4. The Kier molecular flexibility index (Phi) is 26.9. The number of amides is 5. The van der Waals surface area contributed by atoms with E-state index in [0.717, 1.165) is 16.3 Å². The van der Waals surface area contributed by atoms with Crippen LogP contribution in [0.5, 0.6) is 0 Å². The maximum atomic E-state index is 14.0. The molecule has 0 aliphatic carbocycles. The highest BCUT2D eigenvalue weighted by molar-refractivity contribution is 7.86. The van der Waals surface area contributed by atoms with Gasteiger partial charge in [0.25, 0.3) is 20.2 Å². The molecule has 10 N–H and O–H groups in total. The number of benzene rings is 3. The number of aliphatic carboxylic acids is 2. The number of aryl methyl sites for hydroxylation is 2. The predicted octanol–water partition coefficient (Wildman–Crippen LogP) is 6.53. The van der Waals surface area contributed by atoms with E-state index >= 15 is 0 Å². The van der Waals surface area contributed by atoms with Crippen LogP contribution in [0.15, 0.2) is 105 Å². The minimum atomic E-state index is -4.52. The highest BCUT2D eigenvalue weighted by Crippen LogP contribution is 2.49. The van der Waals surface area contributed by atoms with E-state index in [2.05, 4.69) is 31.2 Å². The molecule has 0 radical (unpaired) electrons. The number of hydrogen-bond donors (Lipinski definition) is 9. The van der Waals surface area contributed by atoms with Gasteiger partial charge in [-0.3, -0.25) is 52.5 Å². The van der Waals surface area contributed by atoms with Crippen molar-refractivity contribution in [3.8, 4) is 0 Å². The molecule has 28 heteroatoms. The highest BCUT2D eigenvalue weighted by atomic mass is 32.2. The van der Waals surface area contributed by atoms with Gasteiger partial charge in [-0.05, 0) is 155 Å². The average molecular weight is 1360 g/mol. The van der Waals surface area contributed by atoms with Crippen molar-refractivity contribution in [2.45, 2.75) is 189 Å². The fraction of sp³-hybridized carbons (Fsp3) is 0.493. The van der Waals surface area contributed by atoms with Gasteiger partial charge in [-0.2, -0.15) is 16.8 Å². The molecule has 3 aliphatic heterocycles. The first-order chi connectivity index (χ1) is 44.8. The van der Waals surface area contributed by atoms with E-state index in [4.69, 9.17) is 10.5 Å². The number of rotatable bonds is 36. The van der Waals surface area contributed by atoms with Crippen molar-refractivity contribution < 1.29 is 84.0 Å². The van der Waals surface area contributed by atoms with Gasteiger partial charge < -0.3 is 51.8 Å². The Labute approximate surface area is 554 Å². The monoisotopic (exact) mass is 1360 g/mol. The summed E-state index contributed by atoms with van der Waals surface area (Å²) in [5.41, 5.74) is 9.97. The van der Waals surface area contributed by atoms with Crippen molar-refractivity contribution in [2.24, 2.45) is 10.7 Å². The van der Waals surface area contributed by atoms with E-state index in [0.29, 0.717) is 111 Å². The summed E-state index contributed by atoms with van der Waals surface area (Å²) in [4.78, 5) is 125. The van der Waals surface area contributed by atoms with Crippen LogP contribution in [-0.2, 0) is 74.2 Å². The summed E-state index contributed by atoms with van der Waals surface area (Å²) in [7, 11) is -8.93. The smallest absolute Gasteiger partial charge is 0.339 e. The third kappa shape index (κ3) is 20.8. The second-order valence-electron chi connectivity index (χ2n) is 25.0. The molecule has 6 rings (SSSR count). The van der Waals surface area contributed by atoms with Gasteiger partial charge in [0, 0.05) is 61.1 Å². The van der Waals surface area contributed by atoms with Crippen LogP contribution in [-0.4, -0.2) is 157 Å². The normalized spacial score (nSPS) is 17.0. The van der Waals surface area contributed by atoms with Gasteiger partial charge in [0.05, 0.1) is 33.2 Å². The average Bonchev–Trinajstić information content (AvgIpc) is 1.60. The summed E-state index contributed by atoms with van der Waals surface area (Å²) in [6.07, 6.45) is 12.5. The number of allylic oxidation sites excluding steroid dienone is 6. The van der Waals surface area contributed by atoms with Crippen molar-refractivity contribution in [1.82, 2.24) is 26.2 Å². The molecule has 0 aromatic heterocycles. The van der Waals surface area contributed by atoms with Gasteiger partial charge in [0.2, 0.25) is 29.5 Å². The fourth-order valence-corrected chi connectivity index (χ4v) is 13.0. The zero-order valence-electron chi connectivity index (χ0n) is 54.5. The van der Waals surface area contributed by atoms with Crippen LogP contribution in [0.1, 0.15) is 163 Å². The number of unbranched alkanes of at least 4 members (excludes halogenated alkanes) is 5. The second-order valence-corrected chi connectivity index (χ2v) is 27.9. The third-order valence-electron chi connectivity index (χ3n) is 17.2. The minimum Gasteiger partial charge on any atom is -0.481 e. The molecule has 5 amide bonds. The lowest BCUT2D eigenvalue weighted by Crippen LogP contribution is -2.55. The molecule has 1 unspecified atom stereocenters. The Morgan fingerprint density at radius 3 is 1.97 bits per heavy atom. The van der Waals surface area contributed by atoms with Crippen LogP contribution in [0.25, 0.3) is 0 Å². The van der Waals surface area contributed by atoms with Gasteiger partial charge in [-0.25, -0.2) is 4.79 Å². The lowest BCUT2D eigenvalue weighted by molar-refractivity contribution is -0.144. The number of nitrogens with zero attached hydrogens (tertiary/aromatic N) is 3. The molecule has 0 saturated carbocycles. The number of nitrogens with two attached hydrogens (primary N) is 1. The number of ether oxygens (including phenoxy) is 1. The Balaban J connectivity index is 0.967. The van der Waals surface area contributed by atoms with Crippen molar-refractivity contribution in [3.63, 3.8) is 0 Å². The Morgan fingerprint density at radius 1 is 0.705 bits per heavy atom. The lowest BCUT2D eigenvalue weighted by Gasteiger charge is -2.29. The van der Waals surface area contributed by atoms with E-state index < -0.39 is 122 Å². The molecule has 3 heterocycles. The zero-order valence-corrected chi connectivity index (χ0v) is 56.1. The maximum Gasteiger partial charge on any atom is 0.339 e. The number of likely N-dealkylation sites (tertiary alicyclic amines) is 1. The number of fused-ring (bicyclic) bond motifs is 2. The number of anilines is 1. The van der Waals surface area contributed by atoms with E-state index in [1.165, 1.54) is 24.3 Å². The largest absolute Gasteiger partial charge is 0.481 e. The van der Waals surface area contributed by atoms with Gasteiger partial charge in [-0.1, -0.05) is 77.0 Å². The summed E-state index contributed by atoms with van der Waals surface area (Å²) in [6, 6.07) is 8.83. The van der Waals surface area contributed by atoms with Gasteiger partial charge in [0.15, 0.2) is 12.4 Å². The van der Waals surface area contributed by atoms with Crippen molar-refractivity contribution in [3.05, 3.63) is 118 Å². The molecule has 3 aromatic rings. The van der Waals surface area contributed by atoms with Crippen molar-refractivity contribution >= 4 is 90.5 Å². The number of esters is 1. The summed E-state index contributed by atoms with van der Waals surface area (Å²) in [5, 5.41) is 29.8. The third-order valence-corrected chi connectivity index (χ3v) is 18.9. The topological polar surface area (TPSA) is 405 Å². The number of hydrogen-bond acceptors (Lipinski definition) is 17.